The van der Waals surface area contributed by atoms with Crippen LogP contribution in [0, 0.1) is 6.92 Å². The fourth-order valence-corrected chi connectivity index (χ4v) is 5.56. The molecule has 1 saturated heterocycles. The number of aromatic nitrogens is 6. The van der Waals surface area contributed by atoms with Gasteiger partial charge in [0.25, 0.3) is 5.56 Å². The van der Waals surface area contributed by atoms with Gasteiger partial charge in [-0.15, -0.1) is 10.2 Å². The normalized spacial score (nSPS) is 17.1. The molecule has 5 rings (SSSR count). The molecule has 1 fully saturated rings. The lowest BCUT2D eigenvalue weighted by Crippen LogP contribution is -2.53. The lowest BCUT2D eigenvalue weighted by atomic mass is 9.98. The molecule has 0 bridgehead atoms. The predicted molar refractivity (Wildman–Crippen MR) is 156 cm³/mol. The van der Waals surface area contributed by atoms with Gasteiger partial charge in [-0.1, -0.05) is 61.9 Å². The second kappa shape index (κ2) is 12.6. The van der Waals surface area contributed by atoms with E-state index in [2.05, 4.69) is 27.5 Å². The first-order chi connectivity index (χ1) is 19.9. The zero-order valence-corrected chi connectivity index (χ0v) is 24.1. The van der Waals surface area contributed by atoms with Crippen molar-refractivity contribution in [2.45, 2.75) is 72.0 Å². The van der Waals surface area contributed by atoms with E-state index in [1.165, 1.54) is 0 Å². The van der Waals surface area contributed by atoms with Crippen LogP contribution in [0.15, 0.2) is 53.3 Å². The van der Waals surface area contributed by atoms with Gasteiger partial charge in [0.05, 0.1) is 38.3 Å². The second-order valence-electron chi connectivity index (χ2n) is 10.8. The molecule has 1 aliphatic heterocycles. The van der Waals surface area contributed by atoms with E-state index in [0.717, 1.165) is 40.9 Å². The van der Waals surface area contributed by atoms with Crippen molar-refractivity contribution in [2.75, 3.05) is 13.2 Å². The number of rotatable bonds is 9. The second-order valence-corrected chi connectivity index (χ2v) is 10.8. The maximum Gasteiger partial charge on any atom is 0.257 e. The molecule has 1 N–H and O–H groups in total. The van der Waals surface area contributed by atoms with E-state index in [9.17, 15) is 9.59 Å². The van der Waals surface area contributed by atoms with Crippen molar-refractivity contribution in [2.24, 2.45) is 0 Å². The van der Waals surface area contributed by atoms with Crippen LogP contribution in [-0.4, -0.2) is 66.3 Å². The number of amides is 1. The van der Waals surface area contributed by atoms with Gasteiger partial charge in [-0.05, 0) is 49.1 Å². The third-order valence-corrected chi connectivity index (χ3v) is 7.71. The lowest BCUT2D eigenvalue weighted by molar-refractivity contribution is -0.143. The van der Waals surface area contributed by atoms with Gasteiger partial charge in [-0.25, -0.2) is 4.98 Å². The van der Waals surface area contributed by atoms with E-state index in [1.54, 1.807) is 4.57 Å². The third-order valence-electron chi connectivity index (χ3n) is 7.71. The number of benzene rings is 2. The van der Waals surface area contributed by atoms with Gasteiger partial charge in [0.2, 0.25) is 11.7 Å². The average Bonchev–Trinajstić information content (AvgIpc) is 3.51. The molecule has 4 aromatic rings. The number of carbonyl (C=O) groups excluding carboxylic acids is 1. The fourth-order valence-electron chi connectivity index (χ4n) is 5.56. The number of aryl methyl sites for hydroxylation is 2. The minimum Gasteiger partial charge on any atom is -0.377 e. The standard InChI is InChI=1S/C31H37N7O3/c1-5-6-11-28-32-22(4)27(16-29(39)38-20(2)18-41-19-21(38)3)31(40)37(28)17-23-12-14-24(15-13-23)25-9-7-8-10-26(25)30-33-35-36-34-30/h7-10,12-15,20-21H,5-6,11,16-19H2,1-4H3,(H,33,34,35,36). The van der Waals surface area contributed by atoms with Crippen LogP contribution in [0.2, 0.25) is 0 Å². The summed E-state index contributed by atoms with van der Waals surface area (Å²) in [6, 6.07) is 16.0. The Morgan fingerprint density at radius 3 is 2.41 bits per heavy atom. The highest BCUT2D eigenvalue weighted by molar-refractivity contribution is 5.80. The summed E-state index contributed by atoms with van der Waals surface area (Å²) in [6.45, 7) is 9.31. The van der Waals surface area contributed by atoms with Gasteiger partial charge in [0, 0.05) is 23.2 Å². The molecule has 41 heavy (non-hydrogen) atoms. The molecule has 2 atom stereocenters. The number of H-pyrrole nitrogens is 1. The summed E-state index contributed by atoms with van der Waals surface area (Å²) < 4.78 is 7.34. The van der Waals surface area contributed by atoms with Crippen molar-refractivity contribution in [1.82, 2.24) is 35.1 Å². The molecular weight excluding hydrogens is 518 g/mol. The summed E-state index contributed by atoms with van der Waals surface area (Å²) in [5.41, 5.74) is 4.81. The lowest BCUT2D eigenvalue weighted by Gasteiger charge is -2.39. The molecule has 0 saturated carbocycles. The minimum absolute atomic E-state index is 0.0331. The van der Waals surface area contributed by atoms with E-state index >= 15 is 0 Å². The van der Waals surface area contributed by atoms with Gasteiger partial charge >= 0.3 is 0 Å². The van der Waals surface area contributed by atoms with Crippen molar-refractivity contribution in [3.05, 3.63) is 81.5 Å². The molecule has 3 heterocycles. The maximum atomic E-state index is 13.9. The van der Waals surface area contributed by atoms with Gasteiger partial charge in [0.15, 0.2) is 0 Å². The monoisotopic (exact) mass is 555 g/mol. The first-order valence-electron chi connectivity index (χ1n) is 14.3. The maximum absolute atomic E-state index is 13.9. The molecule has 0 spiro atoms. The topological polar surface area (TPSA) is 119 Å². The van der Waals surface area contributed by atoms with Crippen LogP contribution in [0.5, 0.6) is 0 Å². The van der Waals surface area contributed by atoms with Crippen molar-refractivity contribution >= 4 is 5.91 Å². The Hall–Kier alpha value is -4.18. The Morgan fingerprint density at radius 1 is 1.05 bits per heavy atom. The van der Waals surface area contributed by atoms with Gasteiger partial charge < -0.3 is 9.64 Å². The number of unbranched alkanes of at least 4 members (excludes halogenated alkanes) is 1. The molecule has 10 heteroatoms. The summed E-state index contributed by atoms with van der Waals surface area (Å²) in [7, 11) is 0. The van der Waals surface area contributed by atoms with E-state index in [1.807, 2.05) is 74.2 Å². The number of carbonyl (C=O) groups is 1. The highest BCUT2D eigenvalue weighted by atomic mass is 16.5. The number of nitrogens with zero attached hydrogens (tertiary/aromatic N) is 6. The summed E-state index contributed by atoms with van der Waals surface area (Å²) in [5.74, 6) is 1.23. The Kier molecular flexibility index (Phi) is 8.68. The molecule has 0 radical (unpaired) electrons. The van der Waals surface area contributed by atoms with E-state index in [4.69, 9.17) is 9.72 Å². The van der Waals surface area contributed by atoms with Crippen molar-refractivity contribution < 1.29 is 9.53 Å². The Labute approximate surface area is 239 Å². The van der Waals surface area contributed by atoms with Crippen molar-refractivity contribution in [1.29, 1.82) is 0 Å². The van der Waals surface area contributed by atoms with Crippen molar-refractivity contribution in [3.8, 4) is 22.5 Å². The largest absolute Gasteiger partial charge is 0.377 e. The number of morpholine rings is 1. The van der Waals surface area contributed by atoms with Crippen molar-refractivity contribution in [3.63, 3.8) is 0 Å². The number of aromatic amines is 1. The first kappa shape index (κ1) is 28.4. The van der Waals surface area contributed by atoms with E-state index < -0.39 is 0 Å². The van der Waals surface area contributed by atoms with Crippen LogP contribution < -0.4 is 5.56 Å². The zero-order valence-electron chi connectivity index (χ0n) is 24.1. The summed E-state index contributed by atoms with van der Waals surface area (Å²) in [4.78, 5) is 34.0. The van der Waals surface area contributed by atoms with Gasteiger partial charge in [0.1, 0.15) is 5.82 Å². The summed E-state index contributed by atoms with van der Waals surface area (Å²) >= 11 is 0. The quantitative estimate of drug-likeness (QED) is 0.332. The molecule has 2 aromatic carbocycles. The van der Waals surface area contributed by atoms with Gasteiger partial charge in [-0.2, -0.15) is 5.21 Å². The number of tetrazole rings is 1. The van der Waals surface area contributed by atoms with Crippen LogP contribution in [0.25, 0.3) is 22.5 Å². The molecular formula is C31H37N7O3. The molecule has 10 nitrogen and oxygen atoms in total. The molecule has 1 amide bonds. The highest BCUT2D eigenvalue weighted by Gasteiger charge is 2.30. The molecule has 2 aromatic heterocycles. The van der Waals surface area contributed by atoms with Gasteiger partial charge in [-0.3, -0.25) is 14.2 Å². The third kappa shape index (κ3) is 6.12. The SMILES string of the molecule is CCCCc1nc(C)c(CC(=O)N2C(C)COCC2C)c(=O)n1Cc1ccc(-c2ccccc2-c2nn[nH]n2)cc1. The Bertz CT molecular complexity index is 1540. The van der Waals surface area contributed by atoms with Crippen LogP contribution in [0.4, 0.5) is 0 Å². The molecule has 0 aliphatic carbocycles. The predicted octanol–water partition coefficient (Wildman–Crippen LogP) is 3.97. The van der Waals surface area contributed by atoms with Crippen LogP contribution in [0.1, 0.15) is 56.3 Å². The molecule has 214 valence electrons. The first-order valence-corrected chi connectivity index (χ1v) is 14.3. The average molecular weight is 556 g/mol. The smallest absolute Gasteiger partial charge is 0.257 e. The summed E-state index contributed by atoms with van der Waals surface area (Å²) in [5, 5.41) is 14.5. The molecule has 2 unspecified atom stereocenters. The van der Waals surface area contributed by atoms with Crippen LogP contribution in [0.3, 0.4) is 0 Å². The highest BCUT2D eigenvalue weighted by Crippen LogP contribution is 2.30. The Morgan fingerprint density at radius 2 is 1.76 bits per heavy atom. The summed E-state index contributed by atoms with van der Waals surface area (Å²) in [6.07, 6.45) is 2.66. The Balaban J connectivity index is 1.44. The zero-order chi connectivity index (χ0) is 28.9. The van der Waals surface area contributed by atoms with E-state index in [-0.39, 0.29) is 30.0 Å². The number of hydrogen-bond donors (Lipinski definition) is 1. The number of hydrogen-bond acceptors (Lipinski definition) is 7. The number of nitrogens with one attached hydrogen (secondary N) is 1. The van der Waals surface area contributed by atoms with E-state index in [0.29, 0.717) is 43.3 Å². The molecule has 1 aliphatic rings. The fraction of sp³-hybridized carbons (Fsp3) is 0.419. The minimum atomic E-state index is -0.142. The van der Waals surface area contributed by atoms with Crippen LogP contribution >= 0.6 is 0 Å². The number of ether oxygens (including phenoxy) is 1. The van der Waals surface area contributed by atoms with Crippen LogP contribution in [-0.2, 0) is 28.9 Å².